The molecular formula is C11H14O. The lowest BCUT2D eigenvalue weighted by molar-refractivity contribution is 0.130. The standard InChI is InChI=1S/C11H14O/c1-2-9-8-11(9,12)10-6-4-3-5-7-10/h3-7,9,12H,2,8H2,1H3/t9-,11-/m0/s1. The third-order valence-electron chi connectivity index (χ3n) is 2.84. The molecule has 1 N–H and O–H groups in total. The number of aliphatic hydroxyl groups is 1. The van der Waals surface area contributed by atoms with E-state index in [-0.39, 0.29) is 0 Å². The van der Waals surface area contributed by atoms with Gasteiger partial charge < -0.3 is 5.11 Å². The van der Waals surface area contributed by atoms with E-state index in [1.54, 1.807) is 0 Å². The third kappa shape index (κ3) is 1.05. The maximum atomic E-state index is 10.1. The third-order valence-corrected chi connectivity index (χ3v) is 2.84. The van der Waals surface area contributed by atoms with E-state index < -0.39 is 5.60 Å². The normalized spacial score (nSPS) is 33.3. The van der Waals surface area contributed by atoms with Crippen LogP contribution in [0, 0.1) is 5.92 Å². The molecular weight excluding hydrogens is 148 g/mol. The molecule has 1 aromatic rings. The molecule has 1 aromatic carbocycles. The van der Waals surface area contributed by atoms with Crippen molar-refractivity contribution in [1.82, 2.24) is 0 Å². The first-order valence-electron chi connectivity index (χ1n) is 4.55. The average molecular weight is 162 g/mol. The van der Waals surface area contributed by atoms with Crippen molar-refractivity contribution in [2.75, 3.05) is 0 Å². The molecule has 1 heteroatoms. The molecule has 0 bridgehead atoms. The van der Waals surface area contributed by atoms with Gasteiger partial charge in [0.2, 0.25) is 0 Å². The summed E-state index contributed by atoms with van der Waals surface area (Å²) in [5.74, 6) is 0.486. The zero-order valence-corrected chi connectivity index (χ0v) is 7.33. The van der Waals surface area contributed by atoms with Crippen LogP contribution in [0.5, 0.6) is 0 Å². The first-order valence-corrected chi connectivity index (χ1v) is 4.55. The number of benzene rings is 1. The van der Waals surface area contributed by atoms with E-state index in [0.717, 1.165) is 18.4 Å². The Morgan fingerprint density at radius 2 is 2.08 bits per heavy atom. The number of rotatable bonds is 2. The predicted molar refractivity (Wildman–Crippen MR) is 48.7 cm³/mol. The fraction of sp³-hybridized carbons (Fsp3) is 0.455. The minimum atomic E-state index is -0.490. The largest absolute Gasteiger partial charge is 0.385 e. The van der Waals surface area contributed by atoms with E-state index in [9.17, 15) is 5.11 Å². The van der Waals surface area contributed by atoms with Gasteiger partial charge in [0.05, 0.1) is 5.60 Å². The second-order valence-corrected chi connectivity index (χ2v) is 3.60. The molecule has 2 atom stereocenters. The summed E-state index contributed by atoms with van der Waals surface area (Å²) in [5, 5.41) is 10.1. The highest BCUT2D eigenvalue weighted by atomic mass is 16.3. The lowest BCUT2D eigenvalue weighted by Crippen LogP contribution is -2.07. The monoisotopic (exact) mass is 162 g/mol. The van der Waals surface area contributed by atoms with Gasteiger partial charge >= 0.3 is 0 Å². The second-order valence-electron chi connectivity index (χ2n) is 3.60. The molecule has 12 heavy (non-hydrogen) atoms. The van der Waals surface area contributed by atoms with Crippen LogP contribution in [0.3, 0.4) is 0 Å². The SMILES string of the molecule is CC[C@H]1C[C@@]1(O)c1ccccc1. The fourth-order valence-corrected chi connectivity index (χ4v) is 1.88. The van der Waals surface area contributed by atoms with Crippen molar-refractivity contribution in [3.8, 4) is 0 Å². The van der Waals surface area contributed by atoms with Crippen molar-refractivity contribution in [2.24, 2.45) is 5.92 Å². The van der Waals surface area contributed by atoms with Crippen molar-refractivity contribution >= 4 is 0 Å². The van der Waals surface area contributed by atoms with Gasteiger partial charge in [-0.15, -0.1) is 0 Å². The van der Waals surface area contributed by atoms with Crippen molar-refractivity contribution in [3.63, 3.8) is 0 Å². The van der Waals surface area contributed by atoms with E-state index in [1.807, 2.05) is 30.3 Å². The molecule has 0 saturated heterocycles. The lowest BCUT2D eigenvalue weighted by Gasteiger charge is -2.09. The minimum absolute atomic E-state index is 0.486. The molecule has 1 fully saturated rings. The maximum Gasteiger partial charge on any atom is 0.0929 e. The highest BCUT2D eigenvalue weighted by molar-refractivity contribution is 5.29. The smallest absolute Gasteiger partial charge is 0.0929 e. The fourth-order valence-electron chi connectivity index (χ4n) is 1.88. The van der Waals surface area contributed by atoms with Crippen LogP contribution in [0.2, 0.25) is 0 Å². The molecule has 1 nitrogen and oxygen atoms in total. The summed E-state index contributed by atoms with van der Waals surface area (Å²) >= 11 is 0. The molecule has 0 aliphatic heterocycles. The number of hydrogen-bond donors (Lipinski definition) is 1. The molecule has 1 aliphatic rings. The van der Waals surface area contributed by atoms with Crippen LogP contribution in [0.25, 0.3) is 0 Å². The molecule has 0 radical (unpaired) electrons. The number of hydrogen-bond acceptors (Lipinski definition) is 1. The Morgan fingerprint density at radius 3 is 2.58 bits per heavy atom. The van der Waals surface area contributed by atoms with Gasteiger partial charge in [0.25, 0.3) is 0 Å². The van der Waals surface area contributed by atoms with Gasteiger partial charge in [-0.1, -0.05) is 43.7 Å². The van der Waals surface area contributed by atoms with Crippen LogP contribution >= 0.6 is 0 Å². The van der Waals surface area contributed by atoms with E-state index in [1.165, 1.54) is 0 Å². The van der Waals surface area contributed by atoms with Gasteiger partial charge in [0.1, 0.15) is 0 Å². The zero-order valence-electron chi connectivity index (χ0n) is 7.33. The van der Waals surface area contributed by atoms with E-state index in [4.69, 9.17) is 0 Å². The van der Waals surface area contributed by atoms with E-state index >= 15 is 0 Å². The predicted octanol–water partition coefficient (Wildman–Crippen LogP) is 2.30. The molecule has 0 heterocycles. The topological polar surface area (TPSA) is 20.2 Å². The molecule has 0 unspecified atom stereocenters. The minimum Gasteiger partial charge on any atom is -0.385 e. The Kier molecular flexibility index (Phi) is 1.69. The Bertz CT molecular complexity index is 268. The van der Waals surface area contributed by atoms with Gasteiger partial charge in [0, 0.05) is 0 Å². The first kappa shape index (κ1) is 7.81. The van der Waals surface area contributed by atoms with Gasteiger partial charge in [0.15, 0.2) is 0 Å². The van der Waals surface area contributed by atoms with Crippen molar-refractivity contribution in [1.29, 1.82) is 0 Å². The quantitative estimate of drug-likeness (QED) is 0.707. The summed E-state index contributed by atoms with van der Waals surface area (Å²) in [6.07, 6.45) is 2.01. The maximum absolute atomic E-state index is 10.1. The van der Waals surface area contributed by atoms with Gasteiger partial charge in [-0.2, -0.15) is 0 Å². The summed E-state index contributed by atoms with van der Waals surface area (Å²) in [7, 11) is 0. The van der Waals surface area contributed by atoms with Crippen LogP contribution < -0.4 is 0 Å². The van der Waals surface area contributed by atoms with Crippen LogP contribution in [-0.2, 0) is 5.60 Å². The molecule has 0 spiro atoms. The van der Waals surface area contributed by atoms with E-state index in [2.05, 4.69) is 6.92 Å². The Hall–Kier alpha value is -0.820. The average Bonchev–Trinajstić information content (AvgIpc) is 2.81. The molecule has 64 valence electrons. The summed E-state index contributed by atoms with van der Waals surface area (Å²) in [6, 6.07) is 9.97. The second kappa shape index (κ2) is 2.60. The van der Waals surface area contributed by atoms with Crippen molar-refractivity contribution < 1.29 is 5.11 Å². The molecule has 1 aliphatic carbocycles. The van der Waals surface area contributed by atoms with E-state index in [0.29, 0.717) is 5.92 Å². The van der Waals surface area contributed by atoms with Crippen LogP contribution in [0.4, 0.5) is 0 Å². The Morgan fingerprint density at radius 1 is 1.42 bits per heavy atom. The van der Waals surface area contributed by atoms with Crippen molar-refractivity contribution in [2.45, 2.75) is 25.4 Å². The van der Waals surface area contributed by atoms with Crippen LogP contribution in [0.1, 0.15) is 25.3 Å². The first-order chi connectivity index (χ1) is 5.77. The Balaban J connectivity index is 2.23. The van der Waals surface area contributed by atoms with Crippen LogP contribution in [0.15, 0.2) is 30.3 Å². The molecule has 2 rings (SSSR count). The highest BCUT2D eigenvalue weighted by Gasteiger charge is 2.52. The van der Waals surface area contributed by atoms with Gasteiger partial charge in [-0.05, 0) is 17.9 Å². The molecule has 0 aromatic heterocycles. The summed E-state index contributed by atoms with van der Waals surface area (Å²) in [6.45, 7) is 2.13. The summed E-state index contributed by atoms with van der Waals surface area (Å²) in [4.78, 5) is 0. The van der Waals surface area contributed by atoms with Gasteiger partial charge in [-0.25, -0.2) is 0 Å². The van der Waals surface area contributed by atoms with Crippen LogP contribution in [-0.4, -0.2) is 5.11 Å². The van der Waals surface area contributed by atoms with Gasteiger partial charge in [-0.3, -0.25) is 0 Å². The zero-order chi connectivity index (χ0) is 8.60. The van der Waals surface area contributed by atoms with Crippen molar-refractivity contribution in [3.05, 3.63) is 35.9 Å². The molecule has 0 amide bonds. The highest BCUT2D eigenvalue weighted by Crippen LogP contribution is 2.53. The summed E-state index contributed by atoms with van der Waals surface area (Å²) in [5.41, 5.74) is 0.590. The molecule has 1 saturated carbocycles. The summed E-state index contributed by atoms with van der Waals surface area (Å²) < 4.78 is 0. The Labute approximate surface area is 73.0 Å². The lowest BCUT2D eigenvalue weighted by atomic mass is 10.1.